The minimum Gasteiger partial charge on any atom is -0.456 e. The van der Waals surface area contributed by atoms with E-state index >= 15 is 0 Å². The van der Waals surface area contributed by atoms with E-state index in [1.54, 1.807) is 20.8 Å². The van der Waals surface area contributed by atoms with Crippen molar-refractivity contribution in [3.05, 3.63) is 35.0 Å². The number of hydrogen-bond acceptors (Lipinski definition) is 2. The maximum absolute atomic E-state index is 12.9. The molecule has 0 aliphatic rings. The molecule has 1 heterocycles. The summed E-state index contributed by atoms with van der Waals surface area (Å²) in [4.78, 5) is 14.8. The molecule has 0 saturated carbocycles. The second-order valence-electron chi connectivity index (χ2n) is 5.91. The zero-order chi connectivity index (χ0) is 16.0. The Kier molecular flexibility index (Phi) is 3.51. The lowest BCUT2D eigenvalue weighted by molar-refractivity contribution is -0.137. The molecule has 6 heteroatoms. The number of alkyl halides is 3. The fourth-order valence-electron chi connectivity index (χ4n) is 2.09. The van der Waals surface area contributed by atoms with Gasteiger partial charge in [0, 0.05) is 17.1 Å². The van der Waals surface area contributed by atoms with Gasteiger partial charge in [-0.15, -0.1) is 0 Å². The van der Waals surface area contributed by atoms with E-state index in [0.29, 0.717) is 5.39 Å². The zero-order valence-electron chi connectivity index (χ0n) is 12.2. The summed E-state index contributed by atoms with van der Waals surface area (Å²) < 4.78 is 43.8. The Balaban J connectivity index is 2.51. The number of nitrogens with one attached hydrogen (secondary N) is 1. The molecule has 1 aromatic heterocycles. The van der Waals surface area contributed by atoms with Crippen LogP contribution in [0.25, 0.3) is 10.9 Å². The Bertz CT molecular complexity index is 693. The average molecular weight is 299 g/mol. The molecular weight excluding hydrogens is 283 g/mol. The van der Waals surface area contributed by atoms with Crippen LogP contribution < -0.4 is 0 Å². The summed E-state index contributed by atoms with van der Waals surface area (Å²) in [5, 5.41) is 0.426. The van der Waals surface area contributed by atoms with E-state index in [4.69, 9.17) is 4.74 Å². The summed E-state index contributed by atoms with van der Waals surface area (Å²) in [5.74, 6) is -0.562. The third kappa shape index (κ3) is 3.20. The van der Waals surface area contributed by atoms with Crippen LogP contribution >= 0.6 is 0 Å². The predicted molar refractivity (Wildman–Crippen MR) is 73.2 cm³/mol. The van der Waals surface area contributed by atoms with Crippen LogP contribution in [0.2, 0.25) is 0 Å². The molecule has 0 bridgehead atoms. The number of H-pyrrole nitrogens is 1. The number of carbonyl (C=O) groups excluding carboxylic acids is 1. The number of aromatic amines is 1. The SMILES string of the molecule is Cc1cc2c(C(=O)OC(C)(C)C)c[nH]c2cc1C(F)(F)F. The maximum Gasteiger partial charge on any atom is 0.416 e. The molecule has 0 unspecified atom stereocenters. The summed E-state index contributed by atoms with van der Waals surface area (Å²) in [6, 6.07) is 2.37. The standard InChI is InChI=1S/C15H16F3NO2/c1-8-5-9-10(13(20)21-14(2,3)4)7-19-12(9)6-11(8)15(16,17)18/h5-7,19H,1-4H3. The van der Waals surface area contributed by atoms with Crippen molar-refractivity contribution in [1.29, 1.82) is 0 Å². The normalized spacial score (nSPS) is 12.7. The molecule has 0 fully saturated rings. The predicted octanol–water partition coefficient (Wildman–Crippen LogP) is 4.45. The van der Waals surface area contributed by atoms with Gasteiger partial charge in [-0.1, -0.05) is 0 Å². The number of carbonyl (C=O) groups is 1. The van der Waals surface area contributed by atoms with E-state index in [1.165, 1.54) is 19.2 Å². The van der Waals surface area contributed by atoms with Gasteiger partial charge in [-0.05, 0) is 45.4 Å². The largest absolute Gasteiger partial charge is 0.456 e. The lowest BCUT2D eigenvalue weighted by Crippen LogP contribution is -2.23. The summed E-state index contributed by atoms with van der Waals surface area (Å²) in [5.41, 5.74) is -0.820. The highest BCUT2D eigenvalue weighted by molar-refractivity contribution is 6.04. The minimum atomic E-state index is -4.42. The highest BCUT2D eigenvalue weighted by Crippen LogP contribution is 2.35. The second-order valence-corrected chi connectivity index (χ2v) is 5.91. The zero-order valence-corrected chi connectivity index (χ0v) is 12.2. The average Bonchev–Trinajstić information content (AvgIpc) is 2.66. The maximum atomic E-state index is 12.9. The first kappa shape index (κ1) is 15.4. The van der Waals surface area contributed by atoms with Crippen molar-refractivity contribution in [3.8, 4) is 0 Å². The number of halogens is 3. The van der Waals surface area contributed by atoms with Crippen molar-refractivity contribution in [2.24, 2.45) is 0 Å². The van der Waals surface area contributed by atoms with Crippen LogP contribution in [0.15, 0.2) is 18.3 Å². The Labute approximate surface area is 120 Å². The smallest absolute Gasteiger partial charge is 0.416 e. The third-order valence-electron chi connectivity index (χ3n) is 2.95. The van der Waals surface area contributed by atoms with E-state index in [-0.39, 0.29) is 16.6 Å². The molecular formula is C15H16F3NO2. The number of benzene rings is 1. The molecule has 0 atom stereocenters. The number of rotatable bonds is 1. The molecule has 3 nitrogen and oxygen atoms in total. The fraction of sp³-hybridized carbons (Fsp3) is 0.400. The number of ether oxygens (including phenoxy) is 1. The van der Waals surface area contributed by atoms with E-state index in [0.717, 1.165) is 6.07 Å². The van der Waals surface area contributed by atoms with Gasteiger partial charge in [0.05, 0.1) is 11.1 Å². The third-order valence-corrected chi connectivity index (χ3v) is 2.95. The van der Waals surface area contributed by atoms with Crippen molar-refractivity contribution >= 4 is 16.9 Å². The minimum absolute atomic E-state index is 0.0689. The second kappa shape index (κ2) is 4.79. The monoisotopic (exact) mass is 299 g/mol. The molecule has 0 spiro atoms. The van der Waals surface area contributed by atoms with E-state index < -0.39 is 23.3 Å². The highest BCUT2D eigenvalue weighted by atomic mass is 19.4. The highest BCUT2D eigenvalue weighted by Gasteiger charge is 2.33. The molecule has 0 radical (unpaired) electrons. The number of aryl methyl sites for hydroxylation is 1. The van der Waals surface area contributed by atoms with Crippen molar-refractivity contribution < 1.29 is 22.7 Å². The Hall–Kier alpha value is -1.98. The van der Waals surface area contributed by atoms with E-state index in [2.05, 4.69) is 4.98 Å². The van der Waals surface area contributed by atoms with Crippen molar-refractivity contribution in [1.82, 2.24) is 4.98 Å². The Morgan fingerprint density at radius 2 is 1.81 bits per heavy atom. The fourth-order valence-corrected chi connectivity index (χ4v) is 2.09. The first-order valence-electron chi connectivity index (χ1n) is 6.41. The number of hydrogen-bond donors (Lipinski definition) is 1. The van der Waals surface area contributed by atoms with Gasteiger partial charge < -0.3 is 9.72 Å². The summed E-state index contributed by atoms with van der Waals surface area (Å²) >= 11 is 0. The van der Waals surface area contributed by atoms with Crippen LogP contribution in [0.5, 0.6) is 0 Å². The molecule has 21 heavy (non-hydrogen) atoms. The molecule has 114 valence electrons. The van der Waals surface area contributed by atoms with Crippen molar-refractivity contribution in [2.45, 2.75) is 39.5 Å². The first-order valence-corrected chi connectivity index (χ1v) is 6.41. The van der Waals surface area contributed by atoms with Crippen LogP contribution in [0.4, 0.5) is 13.2 Å². The van der Waals surface area contributed by atoms with Crippen LogP contribution in [0, 0.1) is 6.92 Å². The van der Waals surface area contributed by atoms with Crippen LogP contribution in [-0.2, 0) is 10.9 Å². The topological polar surface area (TPSA) is 42.1 Å². The molecule has 0 amide bonds. The van der Waals surface area contributed by atoms with Gasteiger partial charge in [0.25, 0.3) is 0 Å². The van der Waals surface area contributed by atoms with Gasteiger partial charge in [-0.2, -0.15) is 13.2 Å². The van der Waals surface area contributed by atoms with Crippen LogP contribution in [0.1, 0.15) is 42.3 Å². The quantitative estimate of drug-likeness (QED) is 0.790. The molecule has 2 rings (SSSR count). The van der Waals surface area contributed by atoms with Crippen LogP contribution in [-0.4, -0.2) is 16.6 Å². The van der Waals surface area contributed by atoms with Gasteiger partial charge in [0.15, 0.2) is 0 Å². The molecule has 1 aromatic carbocycles. The molecule has 2 aromatic rings. The Morgan fingerprint density at radius 1 is 1.19 bits per heavy atom. The summed E-state index contributed by atoms with van der Waals surface area (Å²) in [6.07, 6.45) is -3.05. The van der Waals surface area contributed by atoms with Gasteiger partial charge in [0.2, 0.25) is 0 Å². The van der Waals surface area contributed by atoms with Crippen molar-refractivity contribution in [2.75, 3.05) is 0 Å². The first-order chi connectivity index (χ1) is 9.49. The summed E-state index contributed by atoms with van der Waals surface area (Å²) in [6.45, 7) is 6.56. The Morgan fingerprint density at radius 3 is 2.33 bits per heavy atom. The molecule has 0 aliphatic heterocycles. The van der Waals surface area contributed by atoms with E-state index in [1.807, 2.05) is 0 Å². The van der Waals surface area contributed by atoms with Gasteiger partial charge in [-0.25, -0.2) is 4.79 Å². The van der Waals surface area contributed by atoms with Gasteiger partial charge in [-0.3, -0.25) is 0 Å². The van der Waals surface area contributed by atoms with E-state index in [9.17, 15) is 18.0 Å². The number of fused-ring (bicyclic) bond motifs is 1. The number of esters is 1. The van der Waals surface area contributed by atoms with Crippen molar-refractivity contribution in [3.63, 3.8) is 0 Å². The number of aromatic nitrogens is 1. The molecule has 0 saturated heterocycles. The van der Waals surface area contributed by atoms with Gasteiger partial charge >= 0.3 is 12.1 Å². The van der Waals surface area contributed by atoms with Gasteiger partial charge in [0.1, 0.15) is 5.60 Å². The van der Waals surface area contributed by atoms with Crippen LogP contribution in [0.3, 0.4) is 0 Å². The lowest BCUT2D eigenvalue weighted by atomic mass is 10.0. The summed E-state index contributed by atoms with van der Waals surface area (Å²) in [7, 11) is 0. The lowest BCUT2D eigenvalue weighted by Gasteiger charge is -2.19. The molecule has 1 N–H and O–H groups in total. The molecule has 0 aliphatic carbocycles.